The number of ether oxygens (including phenoxy) is 2. The minimum atomic E-state index is -5.82. The second kappa shape index (κ2) is 17.0. The van der Waals surface area contributed by atoms with Crippen LogP contribution in [0.25, 0.3) is 0 Å². The molecular formula is C24H44F4N8O7. The molecule has 1 unspecified atom stereocenters. The fraction of sp³-hybridized carbons (Fsp3) is 0.833. The van der Waals surface area contributed by atoms with Crippen LogP contribution in [-0.4, -0.2) is 143 Å². The summed E-state index contributed by atoms with van der Waals surface area (Å²) in [5.41, 5.74) is 4.46. The monoisotopic (exact) mass is 632 g/mol. The second-order valence-corrected chi connectivity index (χ2v) is 10.6. The van der Waals surface area contributed by atoms with Crippen molar-refractivity contribution in [2.75, 3.05) is 94.0 Å². The summed E-state index contributed by atoms with van der Waals surface area (Å²) < 4.78 is 62.8. The van der Waals surface area contributed by atoms with Crippen molar-refractivity contribution in [3.63, 3.8) is 0 Å². The molecule has 0 saturated heterocycles. The van der Waals surface area contributed by atoms with Gasteiger partial charge in [0.15, 0.2) is 0 Å². The van der Waals surface area contributed by atoms with E-state index in [9.17, 15) is 37.7 Å². The van der Waals surface area contributed by atoms with Gasteiger partial charge in [0, 0.05) is 45.8 Å². The highest BCUT2D eigenvalue weighted by Crippen LogP contribution is 2.31. The Labute approximate surface area is 247 Å². The highest BCUT2D eigenvalue weighted by molar-refractivity contribution is 5.84. The Balaban J connectivity index is 3.10. The summed E-state index contributed by atoms with van der Waals surface area (Å²) in [6.45, 7) is 6.62. The van der Waals surface area contributed by atoms with Crippen molar-refractivity contribution in [1.82, 2.24) is 20.3 Å². The van der Waals surface area contributed by atoms with Crippen molar-refractivity contribution in [2.45, 2.75) is 50.9 Å². The maximum atomic E-state index is 13.4. The number of hydrogen-bond donors (Lipinski definition) is 7. The molecule has 1 rings (SSSR count). The number of rotatable bonds is 21. The van der Waals surface area contributed by atoms with Crippen LogP contribution in [0.1, 0.15) is 27.7 Å². The molecule has 0 aliphatic carbocycles. The summed E-state index contributed by atoms with van der Waals surface area (Å²) in [6.07, 6.45) is -5.82. The summed E-state index contributed by atoms with van der Waals surface area (Å²) in [7, 11) is 0. The number of halogens is 4. The number of alkyl halides is 4. The van der Waals surface area contributed by atoms with E-state index in [1.807, 2.05) is 27.7 Å². The van der Waals surface area contributed by atoms with Crippen LogP contribution in [0.15, 0.2) is 0 Å². The number of aromatic nitrogens is 3. The smallest absolute Gasteiger partial charge is 0.395 e. The van der Waals surface area contributed by atoms with Gasteiger partial charge in [0.05, 0.1) is 44.2 Å². The van der Waals surface area contributed by atoms with E-state index in [0.717, 1.165) is 0 Å². The first-order valence-corrected chi connectivity index (χ1v) is 13.5. The molecule has 1 heterocycles. The Morgan fingerprint density at radius 1 is 0.837 bits per heavy atom. The third-order valence-electron chi connectivity index (χ3n) is 5.81. The molecule has 1 aromatic rings. The third-order valence-corrected chi connectivity index (χ3v) is 5.81. The lowest BCUT2D eigenvalue weighted by atomic mass is 10.1. The van der Waals surface area contributed by atoms with Gasteiger partial charge in [-0.3, -0.25) is 4.79 Å². The Morgan fingerprint density at radius 3 is 1.81 bits per heavy atom. The molecule has 1 aromatic heterocycles. The van der Waals surface area contributed by atoms with E-state index in [1.54, 1.807) is 10.2 Å². The van der Waals surface area contributed by atoms with Crippen molar-refractivity contribution in [2.24, 2.45) is 5.73 Å². The average Bonchev–Trinajstić information content (AvgIpc) is 2.93. The van der Waals surface area contributed by atoms with Gasteiger partial charge >= 0.3 is 12.0 Å². The van der Waals surface area contributed by atoms with Gasteiger partial charge < -0.3 is 56.1 Å². The average molecular weight is 633 g/mol. The van der Waals surface area contributed by atoms with Gasteiger partial charge in [0.2, 0.25) is 17.8 Å². The van der Waals surface area contributed by atoms with E-state index < -0.39 is 35.7 Å². The number of nitrogens with zero attached hydrogens (tertiary/aromatic N) is 5. The quantitative estimate of drug-likeness (QED) is 0.0624. The number of nitrogens with two attached hydrogens (primary N) is 1. The number of carbonyl (C=O) groups excluding carboxylic acids is 1. The summed E-state index contributed by atoms with van der Waals surface area (Å²) in [6, 6.07) is 0. The molecule has 0 aliphatic heterocycles. The van der Waals surface area contributed by atoms with Gasteiger partial charge in [0.1, 0.15) is 0 Å². The molecular weight excluding hydrogens is 588 g/mol. The second-order valence-electron chi connectivity index (χ2n) is 10.6. The normalized spacial score (nSPS) is 13.9. The molecule has 0 aromatic carbocycles. The van der Waals surface area contributed by atoms with Crippen LogP contribution in [0.3, 0.4) is 0 Å². The maximum Gasteiger partial charge on any atom is 0.458 e. The van der Waals surface area contributed by atoms with Crippen molar-refractivity contribution in [3.05, 3.63) is 0 Å². The van der Waals surface area contributed by atoms with E-state index in [1.165, 1.54) is 4.90 Å². The molecule has 8 N–H and O–H groups in total. The number of hydrogen-bond acceptors (Lipinski definition) is 14. The number of aliphatic hydroxyl groups excluding tert-OH is 3. The van der Waals surface area contributed by atoms with E-state index in [4.69, 9.17) is 20.3 Å². The predicted molar refractivity (Wildman–Crippen MR) is 148 cm³/mol. The molecule has 19 heteroatoms. The molecule has 15 nitrogen and oxygen atoms in total. The standard InChI is InChI=1S/C24H44F4N8O7/c1-21(2,15-29)43-16-22(3,4)42-14-10-36(9-13-39)20-33-18(32-19(34-20)35(7-11-37)8-12-38)31-6-5-30-17(40)23(25,41)24(26,27)28/h37-39,41H,5-16,29H2,1-4H3,(H,30,40)(H,31,32,33,34). The van der Waals surface area contributed by atoms with Crippen LogP contribution in [0.4, 0.5) is 35.4 Å². The van der Waals surface area contributed by atoms with Gasteiger partial charge in [0.25, 0.3) is 5.91 Å². The van der Waals surface area contributed by atoms with Crippen LogP contribution in [0, 0.1) is 0 Å². The van der Waals surface area contributed by atoms with Gasteiger partial charge in [-0.2, -0.15) is 32.5 Å². The van der Waals surface area contributed by atoms with Crippen LogP contribution in [-0.2, 0) is 14.3 Å². The van der Waals surface area contributed by atoms with Crippen LogP contribution in [0.5, 0.6) is 0 Å². The molecule has 0 fully saturated rings. The lowest BCUT2D eigenvalue weighted by Gasteiger charge is -2.32. The molecule has 1 atom stereocenters. The first-order valence-electron chi connectivity index (χ1n) is 13.5. The molecule has 0 radical (unpaired) electrons. The lowest BCUT2D eigenvalue weighted by molar-refractivity contribution is -0.298. The molecule has 0 spiro atoms. The molecule has 1 amide bonds. The number of amides is 1. The van der Waals surface area contributed by atoms with E-state index >= 15 is 0 Å². The maximum absolute atomic E-state index is 13.4. The highest BCUT2D eigenvalue weighted by Gasteiger charge is 2.61. The molecule has 0 saturated carbocycles. The third kappa shape index (κ3) is 12.8. The van der Waals surface area contributed by atoms with Gasteiger partial charge in [-0.25, -0.2) is 0 Å². The Bertz CT molecular complexity index is 983. The largest absolute Gasteiger partial charge is 0.458 e. The lowest BCUT2D eigenvalue weighted by Crippen LogP contribution is -2.54. The number of anilines is 3. The van der Waals surface area contributed by atoms with Crippen LogP contribution >= 0.6 is 0 Å². The fourth-order valence-electron chi connectivity index (χ4n) is 3.20. The van der Waals surface area contributed by atoms with Crippen molar-refractivity contribution in [3.8, 4) is 0 Å². The van der Waals surface area contributed by atoms with Gasteiger partial charge in [-0.15, -0.1) is 0 Å². The Kier molecular flexibility index (Phi) is 15.1. The Morgan fingerprint density at radius 2 is 1.35 bits per heavy atom. The minimum Gasteiger partial charge on any atom is -0.395 e. The number of nitrogens with one attached hydrogen (secondary N) is 2. The zero-order chi connectivity index (χ0) is 32.9. The zero-order valence-electron chi connectivity index (χ0n) is 24.8. The summed E-state index contributed by atoms with van der Waals surface area (Å²) in [4.78, 5) is 27.3. The molecule has 0 bridgehead atoms. The van der Waals surface area contributed by atoms with E-state index in [2.05, 4.69) is 20.3 Å². The summed E-state index contributed by atoms with van der Waals surface area (Å²) >= 11 is 0. The molecule has 0 aliphatic rings. The summed E-state index contributed by atoms with van der Waals surface area (Å²) in [5.74, 6) is -7.42. The topological polar surface area (TPSA) is 212 Å². The number of carbonyl (C=O) groups is 1. The van der Waals surface area contributed by atoms with E-state index in [0.29, 0.717) is 6.54 Å². The zero-order valence-corrected chi connectivity index (χ0v) is 24.8. The first kappa shape index (κ1) is 38.3. The van der Waals surface area contributed by atoms with Crippen molar-refractivity contribution >= 4 is 23.8 Å². The minimum absolute atomic E-state index is 0.0106. The van der Waals surface area contributed by atoms with Gasteiger partial charge in [-0.1, -0.05) is 0 Å². The predicted octanol–water partition coefficient (Wildman–Crippen LogP) is -1.24. The van der Waals surface area contributed by atoms with E-state index in [-0.39, 0.29) is 83.6 Å². The molecule has 43 heavy (non-hydrogen) atoms. The Hall–Kier alpha value is -2.68. The van der Waals surface area contributed by atoms with Crippen molar-refractivity contribution in [1.29, 1.82) is 0 Å². The highest BCUT2D eigenvalue weighted by atomic mass is 19.4. The molecule has 250 valence electrons. The van der Waals surface area contributed by atoms with Crippen LogP contribution in [0.2, 0.25) is 0 Å². The summed E-state index contributed by atoms with van der Waals surface area (Å²) in [5, 5.41) is 41.7. The fourth-order valence-corrected chi connectivity index (χ4v) is 3.20. The van der Waals surface area contributed by atoms with Gasteiger partial charge in [-0.05, 0) is 27.7 Å². The SMILES string of the molecule is CC(C)(CN)OCC(C)(C)OCCN(CCO)c1nc(NCCNC(=O)C(O)(F)C(F)(F)F)nc(N(CCO)CCO)n1. The van der Waals surface area contributed by atoms with Crippen LogP contribution < -0.4 is 26.2 Å². The number of aliphatic hydroxyl groups is 4. The first-order chi connectivity index (χ1) is 19.9. The van der Waals surface area contributed by atoms with Crippen molar-refractivity contribution < 1.29 is 52.3 Å².